The Bertz CT molecular complexity index is 3120. The molecule has 2 aliphatic rings. The summed E-state index contributed by atoms with van der Waals surface area (Å²) in [6.07, 6.45) is -4.04. The van der Waals surface area contributed by atoms with Crippen molar-refractivity contribution in [2.45, 2.75) is 262 Å². The van der Waals surface area contributed by atoms with E-state index in [1.54, 1.807) is 30.3 Å². The number of thioether (sulfide) groups is 1. The molecule has 2 fully saturated rings. The van der Waals surface area contributed by atoms with Crippen molar-refractivity contribution in [2.24, 2.45) is 29.4 Å². The summed E-state index contributed by atoms with van der Waals surface area (Å²) in [5.41, 5.74) is 6.58. The maximum Gasteiger partial charge on any atom is 0.248 e. The summed E-state index contributed by atoms with van der Waals surface area (Å²) in [6, 6.07) is 1.95. The van der Waals surface area contributed by atoms with Crippen molar-refractivity contribution in [1.82, 2.24) is 52.3 Å². The van der Waals surface area contributed by atoms with Gasteiger partial charge in [0.2, 0.25) is 59.6 Å². The fraction of sp³-hybridized carbons (Fsp3) is 0.693. The average Bonchev–Trinajstić information content (AvgIpc) is 1.74. The number of hydrogen-bond acceptors (Lipinski definition) is 22. The smallest absolute Gasteiger partial charge is 0.248 e. The highest BCUT2D eigenvalue weighted by atomic mass is 32.2. The van der Waals surface area contributed by atoms with Gasteiger partial charge in [0, 0.05) is 51.9 Å². The summed E-state index contributed by atoms with van der Waals surface area (Å²) in [5, 5.41) is 109. The third kappa shape index (κ3) is 30.5. The van der Waals surface area contributed by atoms with E-state index in [2.05, 4.69) is 63.3 Å². The summed E-state index contributed by atoms with van der Waals surface area (Å²) in [4.78, 5) is 154. The van der Waals surface area contributed by atoms with E-state index in [9.17, 15) is 93.6 Å². The molecule has 2 saturated heterocycles. The van der Waals surface area contributed by atoms with Crippen molar-refractivity contribution in [3.63, 3.8) is 0 Å². The number of nitrogens with zero attached hydrogens (tertiary/aromatic N) is 2. The second-order valence-electron chi connectivity index (χ2n) is 29.1. The van der Waals surface area contributed by atoms with Gasteiger partial charge in [-0.2, -0.15) is 11.8 Å². The number of aliphatic hydroxyl groups excluding tert-OH is 7. The zero-order valence-corrected chi connectivity index (χ0v) is 64.3. The maximum atomic E-state index is 14.7. The number of rotatable bonds is 50. The minimum atomic E-state index is -1.95. The van der Waals surface area contributed by atoms with Gasteiger partial charge in [-0.05, 0) is 105 Å². The van der Waals surface area contributed by atoms with Crippen molar-refractivity contribution in [2.75, 3.05) is 44.8 Å². The van der Waals surface area contributed by atoms with Gasteiger partial charge in [0.05, 0.1) is 36.9 Å². The third-order valence-electron chi connectivity index (χ3n) is 19.7. The number of ether oxygens (including phenoxy) is 1. The monoisotopic (exact) mass is 1530 g/mol. The van der Waals surface area contributed by atoms with Crippen LogP contribution in [0.2, 0.25) is 0 Å². The molecular weight excluding hydrogens is 1410 g/mol. The number of likely N-dealkylation sites (tertiary alicyclic amines) is 2. The summed E-state index contributed by atoms with van der Waals surface area (Å²) in [7, 11) is 0. The number of benzene rings is 2. The first kappa shape index (κ1) is 92.0. The van der Waals surface area contributed by atoms with Crippen molar-refractivity contribution < 1.29 is 98.3 Å². The number of aromatic hydroxyl groups is 1. The van der Waals surface area contributed by atoms with Crippen LogP contribution in [0.5, 0.6) is 5.75 Å². The van der Waals surface area contributed by atoms with Gasteiger partial charge in [0.15, 0.2) is 12.0 Å². The van der Waals surface area contributed by atoms with Crippen LogP contribution in [0.25, 0.3) is 0 Å². The zero-order valence-electron chi connectivity index (χ0n) is 63.4. The van der Waals surface area contributed by atoms with Gasteiger partial charge >= 0.3 is 0 Å². The van der Waals surface area contributed by atoms with Gasteiger partial charge in [-0.3, -0.25) is 52.7 Å². The lowest BCUT2D eigenvalue weighted by molar-refractivity contribution is -0.149. The summed E-state index contributed by atoms with van der Waals surface area (Å²) < 4.78 is 5.82. The number of carbonyl (C=O) groups is 11. The molecule has 0 spiro atoms. The molecule has 19 atom stereocenters. The Morgan fingerprint density at radius 1 is 0.664 bits per heavy atom. The molecule has 0 bridgehead atoms. The lowest BCUT2D eigenvalue weighted by Crippen LogP contribution is -2.61. The summed E-state index contributed by atoms with van der Waals surface area (Å²) >= 11 is 1.47. The van der Waals surface area contributed by atoms with Gasteiger partial charge < -0.3 is 104 Å². The predicted molar refractivity (Wildman–Crippen MR) is 399 cm³/mol. The minimum absolute atomic E-state index is 0.0212. The first-order valence-corrected chi connectivity index (χ1v) is 39.0. The molecule has 0 saturated carbocycles. The van der Waals surface area contributed by atoms with E-state index in [-0.39, 0.29) is 75.6 Å². The van der Waals surface area contributed by atoms with Gasteiger partial charge in [-0.25, -0.2) is 0 Å². The van der Waals surface area contributed by atoms with Crippen LogP contribution in [0, 0.1) is 23.7 Å². The number of nitrogens with one attached hydrogen (secondary N) is 8. The van der Waals surface area contributed by atoms with E-state index in [4.69, 9.17) is 10.5 Å². The number of hydrogen-bond donors (Lipinski definition) is 17. The van der Waals surface area contributed by atoms with E-state index < -0.39 is 182 Å². The molecule has 2 heterocycles. The fourth-order valence-electron chi connectivity index (χ4n) is 13.2. The number of phenolic OH excluding ortho intramolecular Hbond substituents is 1. The Labute approximate surface area is 632 Å². The van der Waals surface area contributed by atoms with Crippen LogP contribution in [-0.4, -0.2) is 252 Å². The number of carbonyl (C=O) groups excluding carboxylic acids is 11. The van der Waals surface area contributed by atoms with Crippen LogP contribution in [0.15, 0.2) is 54.6 Å². The van der Waals surface area contributed by atoms with E-state index in [1.807, 2.05) is 20.1 Å². The first-order chi connectivity index (χ1) is 50.8. The van der Waals surface area contributed by atoms with Crippen molar-refractivity contribution in [1.29, 1.82) is 0 Å². The molecule has 2 aliphatic heterocycles. The van der Waals surface area contributed by atoms with Crippen molar-refractivity contribution >= 4 is 77.1 Å². The number of amides is 10. The van der Waals surface area contributed by atoms with Gasteiger partial charge in [0.1, 0.15) is 72.4 Å². The predicted octanol–water partition coefficient (Wildman–Crippen LogP) is 0.125. The Balaban J connectivity index is 1.53. The number of β-amino-alcohol motifs (C(OH)–C–C–N with tert-alkyl or cyclic N) is 1. The van der Waals surface area contributed by atoms with E-state index in [1.165, 1.54) is 49.4 Å². The molecule has 0 unspecified atom stereocenters. The third-order valence-corrected chi connectivity index (χ3v) is 20.3. The number of Topliss-reactive ketones (excluding diaryl/α,β-unsaturated/α-hetero) is 1. The van der Waals surface area contributed by atoms with Gasteiger partial charge in [-0.15, -0.1) is 0 Å². The highest BCUT2D eigenvalue weighted by molar-refractivity contribution is 7.98. The van der Waals surface area contributed by atoms with Crippen LogP contribution >= 0.6 is 11.8 Å². The van der Waals surface area contributed by atoms with Crippen LogP contribution in [0.3, 0.4) is 0 Å². The summed E-state index contributed by atoms with van der Waals surface area (Å²) in [6.45, 7) is 12.5. The normalized spacial score (nSPS) is 20.0. The highest BCUT2D eigenvalue weighted by Crippen LogP contribution is 2.28. The molecule has 2 aromatic carbocycles. The second-order valence-corrected chi connectivity index (χ2v) is 30.1. The molecule has 0 aromatic heterocycles. The summed E-state index contributed by atoms with van der Waals surface area (Å²) in [5.74, 6) is -8.21. The van der Waals surface area contributed by atoms with Gasteiger partial charge in [0.25, 0.3) is 0 Å². The topological polar surface area (TPSA) is 488 Å². The molecule has 31 nitrogen and oxygen atoms in total. The molecule has 107 heavy (non-hydrogen) atoms. The van der Waals surface area contributed by atoms with Crippen LogP contribution in [0.4, 0.5) is 0 Å². The zero-order chi connectivity index (χ0) is 79.6. The average molecular weight is 1530 g/mol. The second kappa shape index (κ2) is 47.5. The van der Waals surface area contributed by atoms with Crippen LogP contribution < -0.4 is 48.3 Å². The maximum absolute atomic E-state index is 14.7. The molecule has 0 radical (unpaired) electrons. The molecule has 0 aliphatic carbocycles. The Hall–Kier alpha value is -7.40. The number of nitrogens with two attached hydrogens (primary N) is 1. The Kier molecular flexibility index (Phi) is 40.8. The van der Waals surface area contributed by atoms with E-state index >= 15 is 0 Å². The van der Waals surface area contributed by atoms with E-state index in [0.717, 1.165) is 62.2 Å². The minimum Gasteiger partial charge on any atom is -0.508 e. The lowest BCUT2D eigenvalue weighted by atomic mass is 9.91. The molecular formula is C75H121N11O20S. The van der Waals surface area contributed by atoms with Gasteiger partial charge in [-0.1, -0.05) is 129 Å². The Morgan fingerprint density at radius 2 is 1.29 bits per heavy atom. The quantitative estimate of drug-likeness (QED) is 0.0238. The molecule has 10 amide bonds. The molecule has 4 rings (SSSR count). The SMILES string of the molecule is CC[C@H](C)C[C@H](C)CCCCCCCCC(=O)N[C@@H](C[C@@H](O)[C@H](NC(=O)[C@@H]1[C@@H](O)CCN1C(=O)[C@@H](C)[C@H](O)CCNC(=O)[C@H](Cc1ccccc1)NC(=O)[C@H](CC(C)C)NC(=O)[C@H](CCSC)NC=O)OCCN)C(=O)N[C@H](C(=O)N1C[C@H](O)C[C@H]1C(=O)N[C@H](C(C)=O)[C@H](O)[C@@H](O)c1ccc(O)cc1)[C@@H](C)O. The van der Waals surface area contributed by atoms with E-state index in [0.29, 0.717) is 48.8 Å². The largest absolute Gasteiger partial charge is 0.508 e. The molecule has 18 N–H and O–H groups in total. The Morgan fingerprint density at radius 3 is 1.91 bits per heavy atom. The number of aliphatic hydroxyl groups is 7. The number of ketones is 1. The standard InChI is InChI=1S/C75H121N11O20S/c1-10-44(4)37-45(5)20-16-13-11-12-14-19-23-61(95)79-56(70(101)83-63(48(8)89)75(105)86-41-52(91)39-57(86)71(102)82-62(47(7)88)66(97)65(96)50-24-26-51(90)27-25-50)40-60(94)73(106-34-31-76)84-72(103)64-59(93)29-33-85(64)74(104)46(6)58(92)28-32-77-67(98)55(38-49-21-17-15-18-22-49)81-69(100)54(36-43(2)3)80-68(99)53(78-42-87)30-35-107-9/h15,17-18,21-22,24-27,42-46,48,52-60,62-66,73,89-94,96-97H,10-14,16,19-20,23,28-41,76H2,1-9H3,(H,77,98)(H,78,87)(H,79,95)(H,80,99)(H,81,100)(H,82,102)(H,83,101)(H,84,103)/t44-,45+,46-,48+,52+,53-,54-,55-,56-,57-,58+,59-,60+,62+,63-,64-,65-,66-,73+/m0/s1. The molecule has 32 heteroatoms. The highest BCUT2D eigenvalue weighted by Gasteiger charge is 2.47. The van der Waals surface area contributed by atoms with Crippen LogP contribution in [0.1, 0.15) is 175 Å². The first-order valence-electron chi connectivity index (χ1n) is 37.6. The number of unbranched alkanes of at least 4 members (excludes halogenated alkanes) is 5. The molecule has 2 aromatic rings. The number of phenols is 1. The van der Waals surface area contributed by atoms with Crippen molar-refractivity contribution in [3.05, 3.63) is 65.7 Å². The van der Waals surface area contributed by atoms with Crippen LogP contribution in [-0.2, 0) is 63.9 Å². The molecule has 602 valence electrons. The fourth-order valence-corrected chi connectivity index (χ4v) is 13.7. The van der Waals surface area contributed by atoms with Crippen molar-refractivity contribution in [3.8, 4) is 5.75 Å². The lowest BCUT2D eigenvalue weighted by Gasteiger charge is -2.33.